The molecule has 1 aromatic heterocycles. The van der Waals surface area contributed by atoms with Gasteiger partial charge in [0.2, 0.25) is 0 Å². The van der Waals surface area contributed by atoms with Gasteiger partial charge in [-0.15, -0.1) is 0 Å². The number of aryl methyl sites for hydroxylation is 1. The molecule has 0 radical (unpaired) electrons. The van der Waals surface area contributed by atoms with Crippen molar-refractivity contribution >= 4 is 43.2 Å². The third-order valence-electron chi connectivity index (χ3n) is 2.66. The van der Waals surface area contributed by atoms with Crippen molar-refractivity contribution < 1.29 is 8.42 Å². The van der Waals surface area contributed by atoms with Crippen molar-refractivity contribution in [2.45, 2.75) is 11.8 Å². The molecule has 2 aromatic rings. The van der Waals surface area contributed by atoms with E-state index in [0.717, 1.165) is 0 Å². The molecule has 0 saturated heterocycles. The first-order valence-electron chi connectivity index (χ1n) is 5.68. The highest BCUT2D eigenvalue weighted by molar-refractivity contribution is 9.10. The Hall–Kier alpha value is -1.62. The average Bonchev–Trinajstić information content (AvgIpc) is 2.43. The fourth-order valence-corrected chi connectivity index (χ4v) is 3.40. The highest BCUT2D eigenvalue weighted by Gasteiger charge is 2.18. The average molecular weight is 387 g/mol. The van der Waals surface area contributed by atoms with E-state index in [0.29, 0.717) is 10.0 Å². The quantitative estimate of drug-likeness (QED) is 0.819. The van der Waals surface area contributed by atoms with Crippen molar-refractivity contribution in [3.8, 4) is 6.07 Å². The number of nitriles is 1. The van der Waals surface area contributed by atoms with E-state index in [1.807, 2.05) is 6.07 Å². The van der Waals surface area contributed by atoms with Gasteiger partial charge in [-0.05, 0) is 46.6 Å². The Morgan fingerprint density at radius 2 is 2.10 bits per heavy atom. The molecule has 0 aliphatic carbocycles. The van der Waals surface area contributed by atoms with E-state index in [9.17, 15) is 8.42 Å². The van der Waals surface area contributed by atoms with Gasteiger partial charge in [0.25, 0.3) is 10.0 Å². The lowest BCUT2D eigenvalue weighted by Crippen LogP contribution is -2.14. The van der Waals surface area contributed by atoms with Crippen molar-refractivity contribution in [1.29, 1.82) is 5.26 Å². The summed E-state index contributed by atoms with van der Waals surface area (Å²) in [6.45, 7) is 1.66. The largest absolute Gasteiger partial charge is 0.278 e. The number of halogens is 2. The Labute approximate surface area is 135 Å². The van der Waals surface area contributed by atoms with Crippen molar-refractivity contribution in [2.24, 2.45) is 0 Å². The summed E-state index contributed by atoms with van der Waals surface area (Å²) in [5.74, 6) is 0. The van der Waals surface area contributed by atoms with Crippen LogP contribution >= 0.6 is 27.5 Å². The molecule has 0 atom stereocenters. The summed E-state index contributed by atoms with van der Waals surface area (Å²) in [4.78, 5) is 3.90. The minimum atomic E-state index is -3.81. The molecule has 1 heterocycles. The van der Waals surface area contributed by atoms with Crippen molar-refractivity contribution in [3.05, 3.63) is 51.2 Å². The number of nitrogens with one attached hydrogen (secondary N) is 1. The van der Waals surface area contributed by atoms with Gasteiger partial charge in [0.05, 0.1) is 32.9 Å². The lowest BCUT2D eigenvalue weighted by atomic mass is 10.2. The third-order valence-corrected chi connectivity index (χ3v) is 5.31. The standard InChI is InChI=1S/C13H9BrClN3O2S/c1-8-2-3-9(6-16)4-12(8)21(19,20)18-10-5-11(14)13(15)17-7-10/h2-5,7,18H,1H3. The van der Waals surface area contributed by atoms with Gasteiger partial charge < -0.3 is 0 Å². The second-order valence-electron chi connectivity index (χ2n) is 4.19. The number of sulfonamides is 1. The maximum atomic E-state index is 12.4. The third kappa shape index (κ3) is 3.53. The van der Waals surface area contributed by atoms with E-state index >= 15 is 0 Å². The minimum absolute atomic E-state index is 0.0487. The topological polar surface area (TPSA) is 82.8 Å². The van der Waals surface area contributed by atoms with Crippen molar-refractivity contribution in [3.63, 3.8) is 0 Å². The Balaban J connectivity index is 2.43. The second kappa shape index (κ2) is 6.02. The molecule has 0 spiro atoms. The zero-order valence-electron chi connectivity index (χ0n) is 10.8. The number of hydrogen-bond acceptors (Lipinski definition) is 4. The predicted molar refractivity (Wildman–Crippen MR) is 83.6 cm³/mol. The highest BCUT2D eigenvalue weighted by Crippen LogP contribution is 2.25. The molecule has 0 amide bonds. The monoisotopic (exact) mass is 385 g/mol. The molecule has 0 fully saturated rings. The van der Waals surface area contributed by atoms with Crippen LogP contribution in [0.25, 0.3) is 0 Å². The molecule has 8 heteroatoms. The second-order valence-corrected chi connectivity index (χ2v) is 7.06. The molecule has 108 valence electrons. The van der Waals surface area contributed by atoms with Crippen LogP contribution in [0, 0.1) is 18.3 Å². The van der Waals surface area contributed by atoms with Crippen LogP contribution in [-0.4, -0.2) is 13.4 Å². The fourth-order valence-electron chi connectivity index (χ4n) is 1.65. The highest BCUT2D eigenvalue weighted by atomic mass is 79.9. The maximum absolute atomic E-state index is 12.4. The van der Waals surface area contributed by atoms with Crippen molar-refractivity contribution in [1.82, 2.24) is 4.98 Å². The summed E-state index contributed by atoms with van der Waals surface area (Å²) >= 11 is 8.94. The Kier molecular flexibility index (Phi) is 4.52. The Bertz CT molecular complexity index is 847. The van der Waals surface area contributed by atoms with E-state index < -0.39 is 10.0 Å². The lowest BCUT2D eigenvalue weighted by Gasteiger charge is -2.11. The molecule has 1 aromatic carbocycles. The van der Waals surface area contributed by atoms with E-state index in [2.05, 4.69) is 25.6 Å². The summed E-state index contributed by atoms with van der Waals surface area (Å²) in [7, 11) is -3.81. The summed E-state index contributed by atoms with van der Waals surface area (Å²) in [5.41, 5.74) is 1.09. The van der Waals surface area contributed by atoms with Crippen LogP contribution in [-0.2, 0) is 10.0 Å². The predicted octanol–water partition coefficient (Wildman–Crippen LogP) is 3.48. The smallest absolute Gasteiger partial charge is 0.262 e. The molecule has 0 saturated carbocycles. The summed E-state index contributed by atoms with van der Waals surface area (Å²) in [6.07, 6.45) is 1.31. The molecule has 0 aliphatic heterocycles. The maximum Gasteiger partial charge on any atom is 0.262 e. The Morgan fingerprint density at radius 1 is 1.38 bits per heavy atom. The summed E-state index contributed by atoms with van der Waals surface area (Å²) in [6, 6.07) is 7.91. The van der Waals surface area contributed by atoms with Crippen LogP contribution in [0.2, 0.25) is 5.15 Å². The number of benzene rings is 1. The molecule has 1 N–H and O–H groups in total. The number of anilines is 1. The van der Waals surface area contributed by atoms with Gasteiger partial charge in [-0.3, -0.25) is 4.72 Å². The van der Waals surface area contributed by atoms with Crippen LogP contribution in [0.15, 0.2) is 39.8 Å². The molecular formula is C13H9BrClN3O2S. The molecule has 0 aliphatic rings. The van der Waals surface area contributed by atoms with Gasteiger partial charge in [0, 0.05) is 0 Å². The van der Waals surface area contributed by atoms with Crippen molar-refractivity contribution in [2.75, 3.05) is 4.72 Å². The van der Waals surface area contributed by atoms with Crippen LogP contribution in [0.4, 0.5) is 5.69 Å². The number of pyridine rings is 1. The molecule has 2 rings (SSSR count). The van der Waals surface area contributed by atoms with E-state index in [1.165, 1.54) is 18.3 Å². The number of rotatable bonds is 3. The molecule has 5 nitrogen and oxygen atoms in total. The number of aromatic nitrogens is 1. The SMILES string of the molecule is Cc1ccc(C#N)cc1S(=O)(=O)Nc1cnc(Cl)c(Br)c1. The number of hydrogen-bond donors (Lipinski definition) is 1. The number of nitrogens with zero attached hydrogens (tertiary/aromatic N) is 2. The first-order valence-corrected chi connectivity index (χ1v) is 8.33. The lowest BCUT2D eigenvalue weighted by molar-refractivity contribution is 0.600. The van der Waals surface area contributed by atoms with E-state index in [4.69, 9.17) is 16.9 Å². The minimum Gasteiger partial charge on any atom is -0.278 e. The van der Waals surface area contributed by atoms with Gasteiger partial charge in [-0.25, -0.2) is 13.4 Å². The van der Waals surface area contributed by atoms with Gasteiger partial charge in [0.15, 0.2) is 0 Å². The van der Waals surface area contributed by atoms with E-state index in [1.54, 1.807) is 19.1 Å². The zero-order chi connectivity index (χ0) is 15.6. The fraction of sp³-hybridized carbons (Fsp3) is 0.0769. The van der Waals surface area contributed by atoms with Gasteiger partial charge in [0.1, 0.15) is 5.15 Å². The van der Waals surface area contributed by atoms with Gasteiger partial charge >= 0.3 is 0 Å². The normalized spacial score (nSPS) is 11.0. The molecule has 21 heavy (non-hydrogen) atoms. The van der Waals surface area contributed by atoms with Gasteiger partial charge in [-0.2, -0.15) is 5.26 Å². The molecule has 0 unspecified atom stereocenters. The first kappa shape index (κ1) is 15.8. The van der Waals surface area contributed by atoms with Crippen LogP contribution < -0.4 is 4.72 Å². The molecular weight excluding hydrogens is 378 g/mol. The van der Waals surface area contributed by atoms with E-state index in [-0.39, 0.29) is 21.3 Å². The Morgan fingerprint density at radius 3 is 2.71 bits per heavy atom. The summed E-state index contributed by atoms with van der Waals surface area (Å²) in [5, 5.41) is 9.12. The van der Waals surface area contributed by atoms with Gasteiger partial charge in [-0.1, -0.05) is 17.7 Å². The van der Waals surface area contributed by atoms with Crippen LogP contribution in [0.3, 0.4) is 0 Å². The molecule has 0 bridgehead atoms. The summed E-state index contributed by atoms with van der Waals surface area (Å²) < 4.78 is 27.7. The first-order chi connectivity index (χ1) is 9.83. The zero-order valence-corrected chi connectivity index (χ0v) is 13.9. The van der Waals surface area contributed by atoms with Crippen LogP contribution in [0.5, 0.6) is 0 Å². The van der Waals surface area contributed by atoms with Crippen LogP contribution in [0.1, 0.15) is 11.1 Å².